The maximum absolute atomic E-state index is 11.1. The summed E-state index contributed by atoms with van der Waals surface area (Å²) in [5.74, 6) is -0.301. The molecule has 0 aromatic rings. The van der Waals surface area contributed by atoms with Crippen LogP contribution in [-0.2, 0) is 14.8 Å². The van der Waals surface area contributed by atoms with Gasteiger partial charge in [-0.3, -0.25) is 4.79 Å². The van der Waals surface area contributed by atoms with E-state index in [4.69, 9.17) is 5.11 Å². The summed E-state index contributed by atoms with van der Waals surface area (Å²) in [6, 6.07) is 0. The number of rotatable bonds is 8. The van der Waals surface area contributed by atoms with Crippen molar-refractivity contribution >= 4 is 15.9 Å². The number of aliphatic hydroxyl groups excluding tert-OH is 1. The number of nitrogens with one attached hydrogen (secondary N) is 2. The van der Waals surface area contributed by atoms with Crippen LogP contribution in [-0.4, -0.2) is 45.4 Å². The molecule has 0 radical (unpaired) electrons. The van der Waals surface area contributed by atoms with Crippen LogP contribution in [0.25, 0.3) is 0 Å². The molecule has 15 heavy (non-hydrogen) atoms. The predicted octanol–water partition coefficient (Wildman–Crippen LogP) is -1.19. The molecule has 3 N–H and O–H groups in total. The molecule has 0 unspecified atom stereocenters. The van der Waals surface area contributed by atoms with Gasteiger partial charge >= 0.3 is 0 Å². The molecule has 1 amide bonds. The van der Waals surface area contributed by atoms with E-state index in [1.54, 1.807) is 0 Å². The summed E-state index contributed by atoms with van der Waals surface area (Å²) >= 11 is 0. The van der Waals surface area contributed by atoms with E-state index < -0.39 is 10.0 Å². The lowest BCUT2D eigenvalue weighted by atomic mass is 10.2. The van der Waals surface area contributed by atoms with Crippen LogP contribution in [0.3, 0.4) is 0 Å². The minimum Gasteiger partial charge on any atom is -0.396 e. The van der Waals surface area contributed by atoms with E-state index in [-0.39, 0.29) is 24.8 Å². The van der Waals surface area contributed by atoms with Crippen LogP contribution in [0.15, 0.2) is 0 Å². The lowest BCUT2D eigenvalue weighted by Crippen LogP contribution is -2.32. The van der Waals surface area contributed by atoms with Crippen LogP contribution in [0.4, 0.5) is 0 Å². The van der Waals surface area contributed by atoms with Gasteiger partial charge in [0, 0.05) is 19.6 Å². The van der Waals surface area contributed by atoms with Gasteiger partial charge in [0.1, 0.15) is 0 Å². The molecule has 0 aromatic heterocycles. The molecule has 90 valence electrons. The first-order valence-corrected chi connectivity index (χ1v) is 6.46. The highest BCUT2D eigenvalue weighted by Crippen LogP contribution is 1.93. The summed E-state index contributed by atoms with van der Waals surface area (Å²) in [5.41, 5.74) is 0. The molecule has 0 atom stereocenters. The van der Waals surface area contributed by atoms with Gasteiger partial charge in [-0.25, -0.2) is 13.1 Å². The van der Waals surface area contributed by atoms with Crippen molar-refractivity contribution in [2.75, 3.05) is 26.0 Å². The Labute approximate surface area is 90.1 Å². The van der Waals surface area contributed by atoms with Crippen molar-refractivity contribution in [1.82, 2.24) is 10.0 Å². The fraction of sp³-hybridized carbons (Fsp3) is 0.875. The first-order valence-electron chi connectivity index (χ1n) is 4.80. The van der Waals surface area contributed by atoms with Crippen molar-refractivity contribution in [1.29, 1.82) is 0 Å². The van der Waals surface area contributed by atoms with Gasteiger partial charge in [-0.2, -0.15) is 0 Å². The van der Waals surface area contributed by atoms with E-state index in [1.807, 2.05) is 0 Å². The van der Waals surface area contributed by atoms with E-state index in [9.17, 15) is 13.2 Å². The fourth-order valence-corrected chi connectivity index (χ4v) is 1.49. The highest BCUT2D eigenvalue weighted by Gasteiger charge is 2.07. The van der Waals surface area contributed by atoms with Crippen molar-refractivity contribution < 1.29 is 18.3 Å². The quantitative estimate of drug-likeness (QED) is 0.464. The van der Waals surface area contributed by atoms with Crippen LogP contribution in [0.2, 0.25) is 0 Å². The molecule has 0 aromatic carbocycles. The van der Waals surface area contributed by atoms with Gasteiger partial charge in [0.2, 0.25) is 15.9 Å². The van der Waals surface area contributed by atoms with Crippen LogP contribution in [0.1, 0.15) is 19.3 Å². The smallest absolute Gasteiger partial charge is 0.220 e. The molecular weight excluding hydrogens is 220 g/mol. The molecular formula is C8H18N2O4S. The third-order valence-corrected chi connectivity index (χ3v) is 3.18. The molecule has 0 spiro atoms. The number of aliphatic hydroxyl groups is 1. The number of sulfonamides is 1. The largest absolute Gasteiger partial charge is 0.396 e. The standard InChI is InChI=1S/C8H18N2O4S/c1-9-15(13,14)7-5-10-8(12)4-2-3-6-11/h9,11H,2-7H2,1H3,(H,10,12). The Morgan fingerprint density at radius 3 is 2.53 bits per heavy atom. The van der Waals surface area contributed by atoms with Crippen molar-refractivity contribution in [2.24, 2.45) is 0 Å². The lowest BCUT2D eigenvalue weighted by molar-refractivity contribution is -0.121. The second-order valence-corrected chi connectivity index (χ2v) is 5.10. The number of unbranched alkanes of at least 4 members (excludes halogenated alkanes) is 1. The molecule has 0 aliphatic heterocycles. The molecule has 0 bridgehead atoms. The molecule has 0 aliphatic carbocycles. The average Bonchev–Trinajstić information content (AvgIpc) is 2.18. The maximum Gasteiger partial charge on any atom is 0.220 e. The number of carbonyl (C=O) groups excluding carboxylic acids is 1. The monoisotopic (exact) mass is 238 g/mol. The molecule has 0 heterocycles. The highest BCUT2D eigenvalue weighted by atomic mass is 32.2. The molecule has 6 nitrogen and oxygen atoms in total. The first-order chi connectivity index (χ1) is 7.02. The highest BCUT2D eigenvalue weighted by molar-refractivity contribution is 7.89. The van der Waals surface area contributed by atoms with Crippen molar-refractivity contribution in [2.45, 2.75) is 19.3 Å². The summed E-state index contributed by atoms with van der Waals surface area (Å²) in [6.45, 7) is 0.183. The van der Waals surface area contributed by atoms with E-state index in [0.717, 1.165) is 0 Å². The molecule has 0 rings (SSSR count). The Bertz CT molecular complexity index is 276. The third-order valence-electron chi connectivity index (χ3n) is 1.82. The molecule has 0 aliphatic rings. The number of hydrogen-bond acceptors (Lipinski definition) is 4. The molecule has 0 fully saturated rings. The van der Waals surface area contributed by atoms with Crippen LogP contribution in [0.5, 0.6) is 0 Å². The van der Waals surface area contributed by atoms with Gasteiger partial charge in [0.15, 0.2) is 0 Å². The zero-order valence-electron chi connectivity index (χ0n) is 8.82. The molecule has 0 saturated heterocycles. The summed E-state index contributed by atoms with van der Waals surface area (Å²) in [4.78, 5) is 11.1. The second kappa shape index (κ2) is 7.61. The van der Waals surface area contributed by atoms with E-state index >= 15 is 0 Å². The number of amides is 1. The molecule has 0 saturated carbocycles. The number of carbonyl (C=O) groups is 1. The zero-order chi connectivity index (χ0) is 11.7. The van der Waals surface area contributed by atoms with E-state index in [1.165, 1.54) is 7.05 Å². The van der Waals surface area contributed by atoms with Crippen molar-refractivity contribution in [3.05, 3.63) is 0 Å². The third kappa shape index (κ3) is 8.34. The SMILES string of the molecule is CNS(=O)(=O)CCNC(=O)CCCCO. The minimum absolute atomic E-state index is 0.0708. The second-order valence-electron chi connectivity index (χ2n) is 3.05. The summed E-state index contributed by atoms with van der Waals surface area (Å²) in [7, 11) is -1.91. The summed E-state index contributed by atoms with van der Waals surface area (Å²) < 4.78 is 24.0. The van der Waals surface area contributed by atoms with Gasteiger partial charge in [-0.15, -0.1) is 0 Å². The van der Waals surface area contributed by atoms with Crippen LogP contribution in [0, 0.1) is 0 Å². The predicted molar refractivity (Wildman–Crippen MR) is 56.8 cm³/mol. The van der Waals surface area contributed by atoms with Gasteiger partial charge in [-0.05, 0) is 19.9 Å². The maximum atomic E-state index is 11.1. The minimum atomic E-state index is -3.25. The normalized spacial score (nSPS) is 11.3. The van der Waals surface area contributed by atoms with Gasteiger partial charge in [-0.1, -0.05) is 0 Å². The Kier molecular flexibility index (Phi) is 7.27. The first kappa shape index (κ1) is 14.3. The van der Waals surface area contributed by atoms with E-state index in [2.05, 4.69) is 10.0 Å². The van der Waals surface area contributed by atoms with Crippen molar-refractivity contribution in [3.63, 3.8) is 0 Å². The van der Waals surface area contributed by atoms with Gasteiger partial charge < -0.3 is 10.4 Å². The van der Waals surface area contributed by atoms with Crippen LogP contribution >= 0.6 is 0 Å². The summed E-state index contributed by atoms with van der Waals surface area (Å²) in [6.07, 6.45) is 1.52. The Hall–Kier alpha value is -0.660. The van der Waals surface area contributed by atoms with Crippen molar-refractivity contribution in [3.8, 4) is 0 Å². The van der Waals surface area contributed by atoms with Crippen LogP contribution < -0.4 is 10.0 Å². The molecule has 7 heteroatoms. The fourth-order valence-electron chi connectivity index (χ4n) is 0.913. The van der Waals surface area contributed by atoms with E-state index in [0.29, 0.717) is 19.3 Å². The topological polar surface area (TPSA) is 95.5 Å². The Balaban J connectivity index is 3.55. The number of hydrogen-bond donors (Lipinski definition) is 3. The Morgan fingerprint density at radius 1 is 1.33 bits per heavy atom. The Morgan fingerprint density at radius 2 is 2.00 bits per heavy atom. The average molecular weight is 238 g/mol. The zero-order valence-corrected chi connectivity index (χ0v) is 9.64. The van der Waals surface area contributed by atoms with Gasteiger partial charge in [0.25, 0.3) is 0 Å². The van der Waals surface area contributed by atoms with Gasteiger partial charge in [0.05, 0.1) is 5.75 Å². The lowest BCUT2D eigenvalue weighted by Gasteiger charge is -2.04. The summed E-state index contributed by atoms with van der Waals surface area (Å²) in [5, 5.41) is 11.0.